The highest BCUT2D eigenvalue weighted by atomic mass is 32.2. The van der Waals surface area contributed by atoms with Crippen LogP contribution in [0.25, 0.3) is 30.9 Å². The number of aryl methyl sites for hydroxylation is 1. The molecular formula is C20H14N4OS3. The first kappa shape index (κ1) is 17.5. The molecule has 0 aliphatic heterocycles. The van der Waals surface area contributed by atoms with Crippen LogP contribution in [0.15, 0.2) is 57.7 Å². The average molecular weight is 423 g/mol. The van der Waals surface area contributed by atoms with E-state index in [-0.39, 0.29) is 5.56 Å². The van der Waals surface area contributed by atoms with E-state index >= 15 is 0 Å². The minimum Gasteiger partial charge on any atom is -0.309 e. The van der Waals surface area contributed by atoms with Gasteiger partial charge in [-0.2, -0.15) is 0 Å². The third-order valence-corrected chi connectivity index (χ3v) is 7.22. The van der Waals surface area contributed by atoms with Gasteiger partial charge in [-0.25, -0.2) is 15.0 Å². The number of rotatable bonds is 4. The number of nitrogens with one attached hydrogen (secondary N) is 1. The van der Waals surface area contributed by atoms with Gasteiger partial charge in [0, 0.05) is 10.3 Å². The van der Waals surface area contributed by atoms with Crippen LogP contribution in [0.5, 0.6) is 0 Å². The monoisotopic (exact) mass is 422 g/mol. The number of H-pyrrole nitrogens is 1. The number of fused-ring (bicyclic) bond motifs is 2. The maximum Gasteiger partial charge on any atom is 0.268 e. The van der Waals surface area contributed by atoms with Crippen molar-refractivity contribution < 1.29 is 0 Å². The number of benzene rings is 1. The van der Waals surface area contributed by atoms with Crippen LogP contribution in [0.4, 0.5) is 0 Å². The number of aromatic nitrogens is 4. The van der Waals surface area contributed by atoms with Gasteiger partial charge in [0.25, 0.3) is 5.56 Å². The molecule has 4 heterocycles. The Balaban J connectivity index is 1.51. The Labute approximate surface area is 172 Å². The molecule has 1 N–H and O–H groups in total. The Morgan fingerprint density at radius 1 is 1.11 bits per heavy atom. The van der Waals surface area contributed by atoms with Crippen molar-refractivity contribution in [2.45, 2.75) is 17.7 Å². The highest BCUT2D eigenvalue weighted by Gasteiger charge is 2.13. The van der Waals surface area contributed by atoms with Crippen LogP contribution in [-0.4, -0.2) is 19.9 Å². The highest BCUT2D eigenvalue weighted by Crippen LogP contribution is 2.37. The van der Waals surface area contributed by atoms with E-state index in [4.69, 9.17) is 0 Å². The molecular weight excluding hydrogens is 408 g/mol. The Morgan fingerprint density at radius 2 is 1.96 bits per heavy atom. The number of hydrogen-bond donors (Lipinski definition) is 1. The molecule has 0 bridgehead atoms. The standard InChI is InChI=1S/C20H14N4OS3/c1-11-21-19(27-10-16-23-14-7-8-26-17(14)18(25)24-16)13-9-15(28-20(13)22-11)12-5-3-2-4-6-12/h2-9H,10H2,1H3,(H,23,24,25). The summed E-state index contributed by atoms with van der Waals surface area (Å²) in [6.07, 6.45) is 0. The van der Waals surface area contributed by atoms with Crippen LogP contribution < -0.4 is 5.56 Å². The molecule has 1 aromatic carbocycles. The Hall–Kier alpha value is -2.55. The minimum atomic E-state index is -0.0819. The molecule has 138 valence electrons. The molecule has 0 fully saturated rings. The van der Waals surface area contributed by atoms with Crippen molar-refractivity contribution in [2.75, 3.05) is 0 Å². The number of nitrogens with zero attached hydrogens (tertiary/aromatic N) is 3. The topological polar surface area (TPSA) is 71.5 Å². The second kappa shape index (κ2) is 7.12. The van der Waals surface area contributed by atoms with Crippen molar-refractivity contribution in [2.24, 2.45) is 0 Å². The second-order valence-electron chi connectivity index (χ2n) is 6.21. The van der Waals surface area contributed by atoms with Gasteiger partial charge in [0.15, 0.2) is 0 Å². The number of thiophene rings is 2. The van der Waals surface area contributed by atoms with Gasteiger partial charge in [-0.1, -0.05) is 42.1 Å². The lowest BCUT2D eigenvalue weighted by Crippen LogP contribution is -2.09. The quantitative estimate of drug-likeness (QED) is 0.316. The van der Waals surface area contributed by atoms with E-state index in [0.29, 0.717) is 16.3 Å². The SMILES string of the molecule is Cc1nc(SCc2nc3ccsc3c(=O)[nH]2)c2cc(-c3ccccc3)sc2n1. The predicted octanol–water partition coefficient (Wildman–Crippen LogP) is 5.26. The van der Waals surface area contributed by atoms with E-state index in [1.54, 1.807) is 23.1 Å². The molecule has 0 atom stereocenters. The van der Waals surface area contributed by atoms with Gasteiger partial charge in [0.05, 0.1) is 11.3 Å². The normalized spacial score (nSPS) is 11.5. The van der Waals surface area contributed by atoms with Crippen molar-refractivity contribution in [1.82, 2.24) is 19.9 Å². The average Bonchev–Trinajstić information content (AvgIpc) is 3.34. The number of hydrogen-bond acceptors (Lipinski definition) is 7. The van der Waals surface area contributed by atoms with Crippen LogP contribution in [0.1, 0.15) is 11.6 Å². The van der Waals surface area contributed by atoms with E-state index in [0.717, 1.165) is 26.6 Å². The van der Waals surface area contributed by atoms with Gasteiger partial charge < -0.3 is 4.98 Å². The molecule has 8 heteroatoms. The largest absolute Gasteiger partial charge is 0.309 e. The molecule has 0 spiro atoms. The van der Waals surface area contributed by atoms with Gasteiger partial charge in [-0.05, 0) is 30.0 Å². The summed E-state index contributed by atoms with van der Waals surface area (Å²) in [6.45, 7) is 1.91. The zero-order valence-electron chi connectivity index (χ0n) is 14.8. The molecule has 0 aliphatic carbocycles. The summed E-state index contributed by atoms with van der Waals surface area (Å²) in [4.78, 5) is 31.0. The van der Waals surface area contributed by atoms with Crippen molar-refractivity contribution in [3.63, 3.8) is 0 Å². The molecule has 0 radical (unpaired) electrons. The molecule has 5 aromatic rings. The molecule has 0 amide bonds. The summed E-state index contributed by atoms with van der Waals surface area (Å²) < 4.78 is 0.666. The summed E-state index contributed by atoms with van der Waals surface area (Å²) in [6, 6.07) is 14.3. The fraction of sp³-hybridized carbons (Fsp3) is 0.100. The lowest BCUT2D eigenvalue weighted by molar-refractivity contribution is 1.00. The van der Waals surface area contributed by atoms with E-state index in [9.17, 15) is 4.79 Å². The second-order valence-corrected chi connectivity index (χ2v) is 9.12. The first-order chi connectivity index (χ1) is 13.7. The number of aromatic amines is 1. The Morgan fingerprint density at radius 3 is 2.82 bits per heavy atom. The molecule has 0 aliphatic rings. The summed E-state index contributed by atoms with van der Waals surface area (Å²) in [5.74, 6) is 1.94. The third-order valence-electron chi connectivity index (χ3n) is 4.24. The maximum absolute atomic E-state index is 12.2. The fourth-order valence-electron chi connectivity index (χ4n) is 2.98. The Bertz CT molecular complexity index is 1350. The molecule has 4 aromatic heterocycles. The van der Waals surface area contributed by atoms with Gasteiger partial charge in [-0.3, -0.25) is 4.79 Å². The summed E-state index contributed by atoms with van der Waals surface area (Å²) >= 11 is 4.65. The first-order valence-electron chi connectivity index (χ1n) is 8.60. The molecule has 5 nitrogen and oxygen atoms in total. The third kappa shape index (κ3) is 3.23. The molecule has 0 saturated heterocycles. The first-order valence-corrected chi connectivity index (χ1v) is 11.3. The summed E-state index contributed by atoms with van der Waals surface area (Å²) in [5.41, 5.74) is 1.84. The van der Waals surface area contributed by atoms with E-state index in [1.807, 2.05) is 36.6 Å². The van der Waals surface area contributed by atoms with Crippen LogP contribution >= 0.6 is 34.4 Å². The molecule has 0 saturated carbocycles. The minimum absolute atomic E-state index is 0.0819. The van der Waals surface area contributed by atoms with Gasteiger partial charge in [-0.15, -0.1) is 22.7 Å². The van der Waals surface area contributed by atoms with Crippen LogP contribution in [0.2, 0.25) is 0 Å². The predicted molar refractivity (Wildman–Crippen MR) is 117 cm³/mol. The molecule has 5 rings (SSSR count). The van der Waals surface area contributed by atoms with E-state index in [1.165, 1.54) is 21.8 Å². The van der Waals surface area contributed by atoms with Gasteiger partial charge in [0.2, 0.25) is 0 Å². The lowest BCUT2D eigenvalue weighted by Gasteiger charge is -2.04. The van der Waals surface area contributed by atoms with Crippen molar-refractivity contribution in [3.05, 3.63) is 69.8 Å². The molecule has 28 heavy (non-hydrogen) atoms. The lowest BCUT2D eigenvalue weighted by atomic mass is 10.2. The molecule has 0 unspecified atom stereocenters. The smallest absolute Gasteiger partial charge is 0.268 e. The summed E-state index contributed by atoms with van der Waals surface area (Å²) in [7, 11) is 0. The van der Waals surface area contributed by atoms with E-state index < -0.39 is 0 Å². The van der Waals surface area contributed by atoms with Gasteiger partial charge in [0.1, 0.15) is 26.2 Å². The van der Waals surface area contributed by atoms with Crippen LogP contribution in [-0.2, 0) is 5.75 Å². The van der Waals surface area contributed by atoms with Crippen molar-refractivity contribution >= 4 is 54.9 Å². The van der Waals surface area contributed by atoms with Gasteiger partial charge >= 0.3 is 0 Å². The fourth-order valence-corrected chi connectivity index (χ4v) is 5.77. The van der Waals surface area contributed by atoms with E-state index in [2.05, 4.69) is 38.1 Å². The summed E-state index contributed by atoms with van der Waals surface area (Å²) in [5, 5.41) is 3.84. The zero-order chi connectivity index (χ0) is 19.1. The van der Waals surface area contributed by atoms with Crippen molar-refractivity contribution in [1.29, 1.82) is 0 Å². The maximum atomic E-state index is 12.2. The number of thioether (sulfide) groups is 1. The Kier molecular flexibility index (Phi) is 4.46. The van der Waals surface area contributed by atoms with Crippen LogP contribution in [0, 0.1) is 6.92 Å². The zero-order valence-corrected chi connectivity index (χ0v) is 17.3. The van der Waals surface area contributed by atoms with Crippen molar-refractivity contribution in [3.8, 4) is 10.4 Å². The van der Waals surface area contributed by atoms with Crippen LogP contribution in [0.3, 0.4) is 0 Å². The highest BCUT2D eigenvalue weighted by molar-refractivity contribution is 7.98.